The summed E-state index contributed by atoms with van der Waals surface area (Å²) in [4.78, 5) is 35.3. The smallest absolute Gasteiger partial charge is 0.329 e. The topological polar surface area (TPSA) is 98.5 Å². The number of rotatable bonds is 9. The van der Waals surface area contributed by atoms with Gasteiger partial charge in [0, 0.05) is 17.7 Å². The van der Waals surface area contributed by atoms with Crippen molar-refractivity contribution in [1.29, 1.82) is 0 Å². The summed E-state index contributed by atoms with van der Waals surface area (Å²) in [5.74, 6) is -0.435. The second-order valence-electron chi connectivity index (χ2n) is 6.21. The van der Waals surface area contributed by atoms with Crippen LogP contribution in [0.15, 0.2) is 48.5 Å². The fraction of sp³-hybridized carbons (Fsp3) is 0.300. The number of ether oxygens (including phenoxy) is 1. The fourth-order valence-corrected chi connectivity index (χ4v) is 2.90. The van der Waals surface area contributed by atoms with Gasteiger partial charge in [-0.3, -0.25) is 14.9 Å². The summed E-state index contributed by atoms with van der Waals surface area (Å²) >= 11 is 1.54. The van der Waals surface area contributed by atoms with Gasteiger partial charge < -0.3 is 10.1 Å². The lowest BCUT2D eigenvalue weighted by Crippen LogP contribution is -2.42. The Labute approximate surface area is 167 Å². The number of carbonyl (C=O) groups is 2. The van der Waals surface area contributed by atoms with E-state index in [1.54, 1.807) is 11.8 Å². The Kier molecular flexibility index (Phi) is 8.01. The van der Waals surface area contributed by atoms with E-state index in [-0.39, 0.29) is 17.9 Å². The zero-order valence-corrected chi connectivity index (χ0v) is 16.5. The Hall–Kier alpha value is -2.87. The summed E-state index contributed by atoms with van der Waals surface area (Å²) in [7, 11) is 0. The number of nitro groups is 1. The quantitative estimate of drug-likeness (QED) is 0.392. The summed E-state index contributed by atoms with van der Waals surface area (Å²) in [6, 6.07) is 12.2. The molecule has 1 amide bonds. The summed E-state index contributed by atoms with van der Waals surface area (Å²) in [6.45, 7) is 2.08. The number of esters is 1. The van der Waals surface area contributed by atoms with Crippen LogP contribution in [0.4, 0.5) is 5.69 Å². The number of amides is 1. The molecule has 0 aliphatic heterocycles. The molecule has 0 bridgehead atoms. The van der Waals surface area contributed by atoms with E-state index in [2.05, 4.69) is 5.32 Å². The molecule has 0 radical (unpaired) electrons. The van der Waals surface area contributed by atoms with Crippen LogP contribution < -0.4 is 5.32 Å². The molecule has 148 valence electrons. The average molecular weight is 402 g/mol. The van der Waals surface area contributed by atoms with Crippen molar-refractivity contribution in [3.63, 3.8) is 0 Å². The Bertz CT molecular complexity index is 839. The molecule has 0 unspecified atom stereocenters. The van der Waals surface area contributed by atoms with Gasteiger partial charge in [-0.2, -0.15) is 11.8 Å². The highest BCUT2D eigenvalue weighted by Gasteiger charge is 2.23. The first-order valence-corrected chi connectivity index (χ1v) is 10.1. The molecule has 1 N–H and O–H groups in total. The van der Waals surface area contributed by atoms with Gasteiger partial charge in [-0.15, -0.1) is 0 Å². The van der Waals surface area contributed by atoms with Crippen molar-refractivity contribution in [2.75, 3.05) is 12.0 Å². The van der Waals surface area contributed by atoms with Crippen molar-refractivity contribution in [2.24, 2.45) is 0 Å². The van der Waals surface area contributed by atoms with Crippen molar-refractivity contribution in [2.45, 2.75) is 26.0 Å². The third kappa shape index (κ3) is 6.38. The van der Waals surface area contributed by atoms with Gasteiger partial charge in [0.1, 0.15) is 12.6 Å². The standard InChI is InChI=1S/C20H22N2O5S/c1-14-6-8-15(9-7-14)13-27-20(24)18(10-11-28-2)21-19(23)16-4-3-5-17(12-16)22(25)26/h3-9,12,18H,10-11,13H2,1-2H3,(H,21,23)/t18-/m1/s1. The molecule has 2 rings (SSSR count). The molecule has 28 heavy (non-hydrogen) atoms. The molecular formula is C20H22N2O5S. The molecule has 1 atom stereocenters. The zero-order valence-electron chi connectivity index (χ0n) is 15.7. The number of hydrogen-bond acceptors (Lipinski definition) is 6. The third-order valence-corrected chi connectivity index (χ3v) is 4.67. The van der Waals surface area contributed by atoms with E-state index < -0.39 is 22.8 Å². The van der Waals surface area contributed by atoms with Crippen LogP contribution in [0.2, 0.25) is 0 Å². The van der Waals surface area contributed by atoms with Crippen LogP contribution in [0, 0.1) is 17.0 Å². The van der Waals surface area contributed by atoms with E-state index in [9.17, 15) is 19.7 Å². The largest absolute Gasteiger partial charge is 0.459 e. The van der Waals surface area contributed by atoms with Gasteiger partial charge in [-0.25, -0.2) is 4.79 Å². The maximum absolute atomic E-state index is 12.5. The number of aryl methyl sites for hydroxylation is 1. The number of hydrogen-bond donors (Lipinski definition) is 1. The average Bonchev–Trinajstić information content (AvgIpc) is 2.70. The molecule has 0 fully saturated rings. The monoisotopic (exact) mass is 402 g/mol. The minimum absolute atomic E-state index is 0.113. The van der Waals surface area contributed by atoms with E-state index in [0.29, 0.717) is 12.2 Å². The molecule has 0 saturated carbocycles. The van der Waals surface area contributed by atoms with Crippen LogP contribution in [-0.4, -0.2) is 34.9 Å². The van der Waals surface area contributed by atoms with Crippen molar-refractivity contribution in [3.8, 4) is 0 Å². The van der Waals surface area contributed by atoms with Crippen LogP contribution >= 0.6 is 11.8 Å². The van der Waals surface area contributed by atoms with Crippen LogP contribution in [0.25, 0.3) is 0 Å². The highest BCUT2D eigenvalue weighted by atomic mass is 32.2. The molecule has 0 heterocycles. The van der Waals surface area contributed by atoms with Crippen LogP contribution in [-0.2, 0) is 16.1 Å². The summed E-state index contributed by atoms with van der Waals surface area (Å²) in [5, 5.41) is 13.5. The number of non-ortho nitro benzene ring substituents is 1. The van der Waals surface area contributed by atoms with E-state index >= 15 is 0 Å². The predicted octanol–water partition coefficient (Wildman–Crippen LogP) is 3.50. The molecule has 2 aromatic carbocycles. The number of thioether (sulfide) groups is 1. The van der Waals surface area contributed by atoms with Crippen LogP contribution in [0.1, 0.15) is 27.9 Å². The molecule has 0 saturated heterocycles. The number of nitro benzene ring substituents is 1. The van der Waals surface area contributed by atoms with Crippen molar-refractivity contribution in [3.05, 3.63) is 75.3 Å². The number of nitrogens with zero attached hydrogens (tertiary/aromatic N) is 1. The Morgan fingerprint density at radius 1 is 1.21 bits per heavy atom. The van der Waals surface area contributed by atoms with E-state index in [1.807, 2.05) is 37.4 Å². The minimum atomic E-state index is -0.829. The first-order valence-electron chi connectivity index (χ1n) is 8.67. The first-order chi connectivity index (χ1) is 13.4. The van der Waals surface area contributed by atoms with Gasteiger partial charge in [-0.1, -0.05) is 35.9 Å². The minimum Gasteiger partial charge on any atom is -0.459 e. The van der Waals surface area contributed by atoms with Crippen molar-refractivity contribution in [1.82, 2.24) is 5.32 Å². The lowest BCUT2D eigenvalue weighted by molar-refractivity contribution is -0.384. The Morgan fingerprint density at radius 2 is 1.93 bits per heavy atom. The second-order valence-corrected chi connectivity index (χ2v) is 7.19. The number of carbonyl (C=O) groups excluding carboxylic acids is 2. The molecule has 0 aromatic heterocycles. The normalized spacial score (nSPS) is 11.5. The molecule has 0 spiro atoms. The SMILES string of the molecule is CSCC[C@@H](NC(=O)c1cccc([N+](=O)[O-])c1)C(=O)OCc1ccc(C)cc1. The summed E-state index contributed by atoms with van der Waals surface area (Å²) in [5.41, 5.74) is 1.90. The first kappa shape index (κ1) is 21.4. The predicted molar refractivity (Wildman–Crippen MR) is 108 cm³/mol. The highest BCUT2D eigenvalue weighted by molar-refractivity contribution is 7.98. The fourth-order valence-electron chi connectivity index (χ4n) is 2.43. The number of benzene rings is 2. The maximum Gasteiger partial charge on any atom is 0.329 e. The number of nitrogens with one attached hydrogen (secondary N) is 1. The molecule has 8 heteroatoms. The second kappa shape index (κ2) is 10.5. The lowest BCUT2D eigenvalue weighted by Gasteiger charge is -2.17. The Morgan fingerprint density at radius 3 is 2.57 bits per heavy atom. The lowest BCUT2D eigenvalue weighted by atomic mass is 10.1. The summed E-state index contributed by atoms with van der Waals surface area (Å²) < 4.78 is 5.35. The van der Waals surface area contributed by atoms with Gasteiger partial charge in [0.25, 0.3) is 11.6 Å². The van der Waals surface area contributed by atoms with E-state index in [1.165, 1.54) is 24.3 Å². The van der Waals surface area contributed by atoms with Crippen molar-refractivity contribution < 1.29 is 19.2 Å². The van der Waals surface area contributed by atoms with Gasteiger partial charge in [0.15, 0.2) is 0 Å². The van der Waals surface area contributed by atoms with Gasteiger partial charge >= 0.3 is 5.97 Å². The van der Waals surface area contributed by atoms with Crippen LogP contribution in [0.3, 0.4) is 0 Å². The molecule has 0 aliphatic carbocycles. The Balaban J connectivity index is 2.03. The zero-order chi connectivity index (χ0) is 20.5. The third-order valence-electron chi connectivity index (χ3n) is 4.02. The maximum atomic E-state index is 12.5. The van der Waals surface area contributed by atoms with Crippen molar-refractivity contribution >= 4 is 29.3 Å². The van der Waals surface area contributed by atoms with E-state index in [4.69, 9.17) is 4.74 Å². The van der Waals surface area contributed by atoms with E-state index in [0.717, 1.165) is 11.1 Å². The molecule has 0 aliphatic rings. The molecule has 7 nitrogen and oxygen atoms in total. The van der Waals surface area contributed by atoms with Gasteiger partial charge in [-0.05, 0) is 37.0 Å². The highest BCUT2D eigenvalue weighted by Crippen LogP contribution is 2.14. The molecule has 2 aromatic rings. The van der Waals surface area contributed by atoms with Crippen LogP contribution in [0.5, 0.6) is 0 Å². The summed E-state index contributed by atoms with van der Waals surface area (Å²) in [6.07, 6.45) is 2.30. The van der Waals surface area contributed by atoms with Gasteiger partial charge in [0.2, 0.25) is 0 Å². The van der Waals surface area contributed by atoms with Gasteiger partial charge in [0.05, 0.1) is 4.92 Å². The molecular weight excluding hydrogens is 380 g/mol.